The molecule has 1 aliphatic rings. The van der Waals surface area contributed by atoms with Crippen molar-refractivity contribution in [2.24, 2.45) is 0 Å². The van der Waals surface area contributed by atoms with E-state index >= 15 is 0 Å². The topological polar surface area (TPSA) is 86.6 Å². The zero-order valence-corrected chi connectivity index (χ0v) is 19.0. The average Bonchev–Trinajstić information content (AvgIpc) is 3.17. The van der Waals surface area contributed by atoms with Gasteiger partial charge in [-0.3, -0.25) is 0 Å². The minimum absolute atomic E-state index is 0.133. The first-order valence-corrected chi connectivity index (χ1v) is 11.2. The average molecular weight is 467 g/mol. The maximum Gasteiger partial charge on any atom is 0.184 e. The van der Waals surface area contributed by atoms with Gasteiger partial charge in [-0.15, -0.1) is 0 Å². The van der Waals surface area contributed by atoms with E-state index in [0.717, 1.165) is 16.9 Å². The Morgan fingerprint density at radius 2 is 1.38 bits per heavy atom. The third-order valence-corrected chi connectivity index (χ3v) is 5.68. The highest BCUT2D eigenvalue weighted by Gasteiger charge is 2.48. The molecule has 7 nitrogen and oxygen atoms in total. The van der Waals surface area contributed by atoms with Crippen molar-refractivity contribution in [3.63, 3.8) is 0 Å². The lowest BCUT2D eigenvalue weighted by Crippen LogP contribution is -2.44. The Morgan fingerprint density at radius 3 is 2.00 bits per heavy atom. The van der Waals surface area contributed by atoms with E-state index in [2.05, 4.69) is 0 Å². The van der Waals surface area contributed by atoms with Gasteiger partial charge in [-0.1, -0.05) is 60.7 Å². The molecule has 2 N–H and O–H groups in total. The molecule has 0 aromatic heterocycles. The predicted octanol–water partition coefficient (Wildman–Crippen LogP) is 3.32. The van der Waals surface area contributed by atoms with E-state index < -0.39 is 30.7 Å². The smallest absolute Gasteiger partial charge is 0.184 e. The Hall–Kier alpha value is -2.94. The second-order valence-corrected chi connectivity index (χ2v) is 8.06. The first-order chi connectivity index (χ1) is 16.6. The van der Waals surface area contributed by atoms with Gasteiger partial charge in [0.2, 0.25) is 0 Å². The lowest BCUT2D eigenvalue weighted by Gasteiger charge is -2.28. The Bertz CT molecular complexity index is 981. The van der Waals surface area contributed by atoms with Crippen LogP contribution >= 0.6 is 0 Å². The molecule has 1 unspecified atom stereocenters. The first kappa shape index (κ1) is 24.2. The highest BCUT2D eigenvalue weighted by Crippen LogP contribution is 2.29. The van der Waals surface area contributed by atoms with Gasteiger partial charge in [0.05, 0.1) is 20.3 Å². The largest absolute Gasteiger partial charge is 0.497 e. The summed E-state index contributed by atoms with van der Waals surface area (Å²) >= 11 is 0. The molecule has 3 aromatic rings. The molecule has 5 atom stereocenters. The van der Waals surface area contributed by atoms with Crippen LogP contribution < -0.4 is 9.47 Å². The zero-order chi connectivity index (χ0) is 23.8. The molecular formula is C27H30O7. The normalized spacial score (nSPS) is 22.9. The van der Waals surface area contributed by atoms with Crippen molar-refractivity contribution < 1.29 is 33.9 Å². The van der Waals surface area contributed by atoms with Crippen molar-refractivity contribution >= 4 is 0 Å². The molecule has 34 heavy (non-hydrogen) atoms. The van der Waals surface area contributed by atoms with E-state index in [1.165, 1.54) is 0 Å². The number of benzene rings is 3. The van der Waals surface area contributed by atoms with Gasteiger partial charge in [-0.2, -0.15) is 0 Å². The molecule has 1 heterocycles. The van der Waals surface area contributed by atoms with E-state index in [4.69, 9.17) is 23.7 Å². The van der Waals surface area contributed by atoms with Gasteiger partial charge in [0.15, 0.2) is 6.29 Å². The van der Waals surface area contributed by atoms with E-state index in [9.17, 15) is 10.2 Å². The molecule has 0 amide bonds. The van der Waals surface area contributed by atoms with Crippen molar-refractivity contribution in [2.75, 3.05) is 13.7 Å². The Kier molecular flexibility index (Phi) is 8.51. The standard InChI is InChI=1S/C27H30O7/c1-30-21-12-14-22(15-13-21)31-18-23(32-16-19-8-4-2-5-9-19)25-26(24(28)27(29)34-25)33-17-20-10-6-3-7-11-20/h2-15,23-29H,16-18H2,1H3/t23-,24-,25-,26-,27?/m1/s1. The minimum Gasteiger partial charge on any atom is -0.497 e. The summed E-state index contributed by atoms with van der Waals surface area (Å²) < 4.78 is 29.1. The second-order valence-electron chi connectivity index (χ2n) is 8.06. The minimum atomic E-state index is -1.38. The maximum absolute atomic E-state index is 10.6. The van der Waals surface area contributed by atoms with Gasteiger partial charge >= 0.3 is 0 Å². The van der Waals surface area contributed by atoms with Gasteiger partial charge in [-0.25, -0.2) is 0 Å². The molecule has 1 fully saturated rings. The SMILES string of the molecule is COc1ccc(OC[C@@H](OCc2ccccc2)[C@H]2OC(O)[C@H](O)[C@H]2OCc2ccccc2)cc1. The molecular weight excluding hydrogens is 436 g/mol. The molecule has 0 radical (unpaired) electrons. The number of hydrogen-bond donors (Lipinski definition) is 2. The molecule has 7 heteroatoms. The van der Waals surface area contributed by atoms with Crippen LogP contribution in [0.5, 0.6) is 11.5 Å². The predicted molar refractivity (Wildman–Crippen MR) is 125 cm³/mol. The van der Waals surface area contributed by atoms with Crippen LogP contribution in [-0.2, 0) is 27.4 Å². The fourth-order valence-electron chi connectivity index (χ4n) is 3.80. The number of aliphatic hydroxyl groups is 2. The number of methoxy groups -OCH3 is 1. The number of rotatable bonds is 11. The van der Waals surface area contributed by atoms with Crippen LogP contribution in [0.4, 0.5) is 0 Å². The van der Waals surface area contributed by atoms with Crippen LogP contribution in [0.1, 0.15) is 11.1 Å². The van der Waals surface area contributed by atoms with Crippen LogP contribution in [0, 0.1) is 0 Å². The fraction of sp³-hybridized carbons (Fsp3) is 0.333. The summed E-state index contributed by atoms with van der Waals surface area (Å²) in [4.78, 5) is 0. The second kappa shape index (κ2) is 12.0. The zero-order valence-electron chi connectivity index (χ0n) is 19.0. The molecule has 3 aromatic carbocycles. The molecule has 1 saturated heterocycles. The van der Waals surface area contributed by atoms with Crippen LogP contribution in [0.25, 0.3) is 0 Å². The molecule has 0 aliphatic carbocycles. The maximum atomic E-state index is 10.6. The molecule has 1 aliphatic heterocycles. The van der Waals surface area contributed by atoms with Crippen LogP contribution in [0.15, 0.2) is 84.9 Å². The van der Waals surface area contributed by atoms with Crippen molar-refractivity contribution in [3.8, 4) is 11.5 Å². The Morgan fingerprint density at radius 1 is 0.794 bits per heavy atom. The summed E-state index contributed by atoms with van der Waals surface area (Å²) in [6.07, 6.45) is -4.74. The first-order valence-electron chi connectivity index (χ1n) is 11.2. The van der Waals surface area contributed by atoms with Crippen LogP contribution in [-0.4, -0.2) is 54.6 Å². The number of hydrogen-bond acceptors (Lipinski definition) is 7. The van der Waals surface area contributed by atoms with Gasteiger partial charge in [-0.05, 0) is 35.4 Å². The van der Waals surface area contributed by atoms with Crippen molar-refractivity contribution in [3.05, 3.63) is 96.1 Å². The lowest BCUT2D eigenvalue weighted by molar-refractivity contribution is -0.163. The van der Waals surface area contributed by atoms with E-state index in [0.29, 0.717) is 12.4 Å². The molecule has 0 saturated carbocycles. The van der Waals surface area contributed by atoms with Crippen molar-refractivity contribution in [2.45, 2.75) is 43.9 Å². The molecule has 0 spiro atoms. The van der Waals surface area contributed by atoms with Crippen LogP contribution in [0.2, 0.25) is 0 Å². The van der Waals surface area contributed by atoms with Crippen molar-refractivity contribution in [1.82, 2.24) is 0 Å². The summed E-state index contributed by atoms with van der Waals surface area (Å²) in [5.74, 6) is 1.36. The highest BCUT2D eigenvalue weighted by molar-refractivity contribution is 5.31. The number of aliphatic hydroxyl groups excluding tert-OH is 2. The summed E-state index contributed by atoms with van der Waals surface area (Å²) in [6, 6.07) is 26.6. The van der Waals surface area contributed by atoms with E-state index in [1.807, 2.05) is 60.7 Å². The van der Waals surface area contributed by atoms with Crippen molar-refractivity contribution in [1.29, 1.82) is 0 Å². The highest BCUT2D eigenvalue weighted by atomic mass is 16.7. The lowest BCUT2D eigenvalue weighted by atomic mass is 10.1. The van der Waals surface area contributed by atoms with Gasteiger partial charge < -0.3 is 33.9 Å². The van der Waals surface area contributed by atoms with E-state index in [1.54, 1.807) is 31.4 Å². The Labute approximate surface area is 199 Å². The number of ether oxygens (including phenoxy) is 5. The summed E-state index contributed by atoms with van der Waals surface area (Å²) in [5, 5.41) is 20.8. The Balaban J connectivity index is 1.48. The third kappa shape index (κ3) is 6.34. The summed E-state index contributed by atoms with van der Waals surface area (Å²) in [6.45, 7) is 0.712. The molecule has 0 bridgehead atoms. The summed E-state index contributed by atoms with van der Waals surface area (Å²) in [7, 11) is 1.60. The third-order valence-electron chi connectivity index (χ3n) is 5.68. The quantitative estimate of drug-likeness (QED) is 0.448. The molecule has 4 rings (SSSR count). The monoisotopic (exact) mass is 466 g/mol. The van der Waals surface area contributed by atoms with Gasteiger partial charge in [0.25, 0.3) is 0 Å². The van der Waals surface area contributed by atoms with E-state index in [-0.39, 0.29) is 13.2 Å². The molecule has 180 valence electrons. The fourth-order valence-corrected chi connectivity index (χ4v) is 3.80. The van der Waals surface area contributed by atoms with Gasteiger partial charge in [0.1, 0.15) is 42.5 Å². The van der Waals surface area contributed by atoms with Crippen LogP contribution in [0.3, 0.4) is 0 Å². The van der Waals surface area contributed by atoms with Gasteiger partial charge in [0, 0.05) is 0 Å². The summed E-state index contributed by atoms with van der Waals surface area (Å²) in [5.41, 5.74) is 1.93.